The Bertz CT molecular complexity index is 601. The van der Waals surface area contributed by atoms with E-state index in [2.05, 4.69) is 66.4 Å². The van der Waals surface area contributed by atoms with Crippen LogP contribution in [0.2, 0.25) is 0 Å². The zero-order chi connectivity index (χ0) is 19.3. The minimum Gasteiger partial charge on any atom is -0.381 e. The lowest BCUT2D eigenvalue weighted by atomic mass is 9.88. The molecule has 0 saturated carbocycles. The van der Waals surface area contributed by atoms with Gasteiger partial charge >= 0.3 is 0 Å². The molecule has 2 rings (SSSR count). The Hall–Kier alpha value is -1.60. The number of rotatable bonds is 6. The second kappa shape index (κ2) is 8.86. The Labute approximate surface area is 158 Å². The van der Waals surface area contributed by atoms with E-state index in [0.717, 1.165) is 50.8 Å². The van der Waals surface area contributed by atoms with Gasteiger partial charge in [-0.1, -0.05) is 13.8 Å². The van der Waals surface area contributed by atoms with E-state index >= 15 is 0 Å². The van der Waals surface area contributed by atoms with E-state index in [9.17, 15) is 0 Å². The highest BCUT2D eigenvalue weighted by molar-refractivity contribution is 5.79. The number of hydrogen-bond acceptors (Lipinski definition) is 4. The Morgan fingerprint density at radius 2 is 2.00 bits per heavy atom. The van der Waals surface area contributed by atoms with Crippen molar-refractivity contribution in [2.75, 3.05) is 47.9 Å². The van der Waals surface area contributed by atoms with Gasteiger partial charge in [0.25, 0.3) is 0 Å². The van der Waals surface area contributed by atoms with Crippen molar-refractivity contribution < 1.29 is 4.74 Å². The predicted molar refractivity (Wildman–Crippen MR) is 107 cm³/mol. The van der Waals surface area contributed by atoms with E-state index < -0.39 is 0 Å². The van der Waals surface area contributed by atoms with Crippen LogP contribution in [0, 0.1) is 0 Å². The maximum Gasteiger partial charge on any atom is 0.193 e. The van der Waals surface area contributed by atoms with Gasteiger partial charge < -0.3 is 19.9 Å². The molecule has 1 fully saturated rings. The molecule has 1 aliphatic heterocycles. The van der Waals surface area contributed by atoms with E-state index in [4.69, 9.17) is 4.74 Å². The Morgan fingerprint density at radius 3 is 2.54 bits per heavy atom. The topological polar surface area (TPSA) is 57.9 Å². The lowest BCUT2D eigenvalue weighted by molar-refractivity contribution is -0.00522. The van der Waals surface area contributed by atoms with Crippen molar-refractivity contribution in [2.45, 2.75) is 44.7 Å². The molecule has 0 spiro atoms. The molecule has 0 amide bonds. The van der Waals surface area contributed by atoms with Crippen molar-refractivity contribution in [3.8, 4) is 0 Å². The summed E-state index contributed by atoms with van der Waals surface area (Å²) in [6.07, 6.45) is 4.18. The first-order chi connectivity index (χ1) is 12.3. The molecule has 0 unspecified atom stereocenters. The Balaban J connectivity index is 2.04. The molecule has 0 aromatic carbocycles. The van der Waals surface area contributed by atoms with Crippen LogP contribution >= 0.6 is 0 Å². The first kappa shape index (κ1) is 20.7. The van der Waals surface area contributed by atoms with E-state index in [1.165, 1.54) is 5.56 Å². The average molecular weight is 365 g/mol. The second-order valence-electron chi connectivity index (χ2n) is 7.86. The van der Waals surface area contributed by atoms with Crippen LogP contribution in [0.25, 0.3) is 0 Å². The van der Waals surface area contributed by atoms with Gasteiger partial charge in [-0.05, 0) is 32.9 Å². The summed E-state index contributed by atoms with van der Waals surface area (Å²) in [4.78, 5) is 8.99. The molecule has 7 nitrogen and oxygen atoms in total. The molecule has 26 heavy (non-hydrogen) atoms. The third-order valence-corrected chi connectivity index (χ3v) is 5.41. The third kappa shape index (κ3) is 4.76. The van der Waals surface area contributed by atoms with Crippen molar-refractivity contribution in [1.82, 2.24) is 24.9 Å². The Kier molecular flexibility index (Phi) is 7.06. The molecule has 0 bridgehead atoms. The predicted octanol–water partition coefficient (Wildman–Crippen LogP) is 1.66. The summed E-state index contributed by atoms with van der Waals surface area (Å²) in [5.41, 5.74) is 2.53. The van der Waals surface area contributed by atoms with Crippen LogP contribution in [-0.4, -0.2) is 79.0 Å². The monoisotopic (exact) mass is 364 g/mol. The smallest absolute Gasteiger partial charge is 0.193 e. The number of ether oxygens (including phenoxy) is 1. The van der Waals surface area contributed by atoms with Gasteiger partial charge in [0.1, 0.15) is 0 Å². The molecule has 2 heterocycles. The fraction of sp³-hybridized carbons (Fsp3) is 0.789. The molecule has 1 aliphatic rings. The molecule has 7 heteroatoms. The number of nitrogens with zero attached hydrogens (tertiary/aromatic N) is 5. The van der Waals surface area contributed by atoms with Gasteiger partial charge in [-0.25, -0.2) is 0 Å². The quantitative estimate of drug-likeness (QED) is 0.615. The summed E-state index contributed by atoms with van der Waals surface area (Å²) in [5, 5.41) is 8.20. The van der Waals surface area contributed by atoms with Gasteiger partial charge in [0.15, 0.2) is 5.96 Å². The third-order valence-electron chi connectivity index (χ3n) is 5.41. The molecule has 148 valence electrons. The summed E-state index contributed by atoms with van der Waals surface area (Å²) in [5.74, 6) is 1.32. The molecule has 1 aromatic heterocycles. The largest absolute Gasteiger partial charge is 0.381 e. The Morgan fingerprint density at radius 1 is 1.35 bits per heavy atom. The zero-order valence-corrected chi connectivity index (χ0v) is 17.5. The first-order valence-corrected chi connectivity index (χ1v) is 9.48. The van der Waals surface area contributed by atoms with Crippen molar-refractivity contribution in [3.63, 3.8) is 0 Å². The number of guanidine groups is 1. The summed E-state index contributed by atoms with van der Waals surface area (Å²) in [7, 11) is 10.2. The van der Waals surface area contributed by atoms with Crippen LogP contribution in [0.4, 0.5) is 0 Å². The highest BCUT2D eigenvalue weighted by atomic mass is 16.5. The SMILES string of the molecule is CN=C(NCC1(N(C)C)CCOCC1)N(C)Cc1cn(C)nc1C(C)C. The van der Waals surface area contributed by atoms with Gasteiger partial charge in [0, 0.05) is 64.7 Å². The summed E-state index contributed by atoms with van der Waals surface area (Å²) < 4.78 is 7.47. The van der Waals surface area contributed by atoms with Crippen molar-refractivity contribution in [3.05, 3.63) is 17.5 Å². The summed E-state index contributed by atoms with van der Waals surface area (Å²) in [6, 6.07) is 0. The minimum absolute atomic E-state index is 0.117. The standard InChI is InChI=1S/C19H36N6O/c1-15(2)17-16(13-25(7)22-17)12-24(6)18(20-3)21-14-19(23(4)5)8-10-26-11-9-19/h13,15H,8-12,14H2,1-7H3,(H,20,21). The molecule has 0 radical (unpaired) electrons. The van der Waals surface area contributed by atoms with Crippen LogP contribution in [0.15, 0.2) is 11.2 Å². The van der Waals surface area contributed by atoms with Gasteiger partial charge in [0.05, 0.1) is 5.69 Å². The van der Waals surface area contributed by atoms with Gasteiger partial charge in [-0.2, -0.15) is 5.10 Å². The van der Waals surface area contributed by atoms with E-state index in [0.29, 0.717) is 5.92 Å². The van der Waals surface area contributed by atoms with Crippen LogP contribution < -0.4 is 5.32 Å². The molecule has 0 aliphatic carbocycles. The molecule has 1 N–H and O–H groups in total. The number of aryl methyl sites for hydroxylation is 1. The number of aliphatic imine (C=N–C) groups is 1. The lowest BCUT2D eigenvalue weighted by Gasteiger charge is -2.43. The van der Waals surface area contributed by atoms with E-state index in [1.54, 1.807) is 0 Å². The van der Waals surface area contributed by atoms with Crippen molar-refractivity contribution >= 4 is 5.96 Å². The van der Waals surface area contributed by atoms with Crippen LogP contribution in [0.5, 0.6) is 0 Å². The maximum atomic E-state index is 5.57. The van der Waals surface area contributed by atoms with E-state index in [-0.39, 0.29) is 5.54 Å². The van der Waals surface area contributed by atoms with Gasteiger partial charge in [-0.15, -0.1) is 0 Å². The molecular weight excluding hydrogens is 328 g/mol. The highest BCUT2D eigenvalue weighted by Gasteiger charge is 2.35. The summed E-state index contributed by atoms with van der Waals surface area (Å²) >= 11 is 0. The second-order valence-corrected chi connectivity index (χ2v) is 7.86. The molecule has 1 saturated heterocycles. The zero-order valence-electron chi connectivity index (χ0n) is 17.5. The number of nitrogens with one attached hydrogen (secondary N) is 1. The fourth-order valence-electron chi connectivity index (χ4n) is 3.65. The van der Waals surface area contributed by atoms with Gasteiger partial charge in [0.2, 0.25) is 0 Å². The van der Waals surface area contributed by atoms with Crippen molar-refractivity contribution in [2.24, 2.45) is 12.0 Å². The van der Waals surface area contributed by atoms with Crippen LogP contribution in [-0.2, 0) is 18.3 Å². The average Bonchev–Trinajstić information content (AvgIpc) is 2.96. The molecule has 1 aromatic rings. The van der Waals surface area contributed by atoms with Gasteiger partial charge in [-0.3, -0.25) is 9.67 Å². The maximum absolute atomic E-state index is 5.57. The molecule has 0 atom stereocenters. The minimum atomic E-state index is 0.117. The van der Waals surface area contributed by atoms with Crippen molar-refractivity contribution in [1.29, 1.82) is 0 Å². The lowest BCUT2D eigenvalue weighted by Crippen LogP contribution is -2.57. The van der Waals surface area contributed by atoms with Crippen LogP contribution in [0.3, 0.4) is 0 Å². The fourth-order valence-corrected chi connectivity index (χ4v) is 3.65. The van der Waals surface area contributed by atoms with Crippen LogP contribution in [0.1, 0.15) is 43.9 Å². The number of hydrogen-bond donors (Lipinski definition) is 1. The number of aromatic nitrogens is 2. The summed E-state index contributed by atoms with van der Waals surface area (Å²) in [6.45, 7) is 7.67. The first-order valence-electron chi connectivity index (χ1n) is 9.48. The highest BCUT2D eigenvalue weighted by Crippen LogP contribution is 2.25. The number of likely N-dealkylation sites (N-methyl/N-ethyl adjacent to an activating group) is 1. The normalized spacial score (nSPS) is 17.8. The van der Waals surface area contributed by atoms with E-state index in [1.807, 2.05) is 18.8 Å². The molecular formula is C19H36N6O.